The summed E-state index contributed by atoms with van der Waals surface area (Å²) in [5, 5.41) is 14.3. The maximum atomic E-state index is 13.3. The predicted octanol–water partition coefficient (Wildman–Crippen LogP) is 3.10. The first-order chi connectivity index (χ1) is 12.5. The van der Waals surface area contributed by atoms with E-state index in [0.29, 0.717) is 18.3 Å². The smallest absolute Gasteiger partial charge is 0.226 e. The summed E-state index contributed by atoms with van der Waals surface area (Å²) in [6.45, 7) is 1.95. The lowest BCUT2D eigenvalue weighted by molar-refractivity contribution is -0.178. The van der Waals surface area contributed by atoms with Crippen molar-refractivity contribution < 1.29 is 9.90 Å². The Hall–Kier alpha value is -1.55. The molecule has 1 aromatic rings. The molecular weight excluding hydrogens is 324 g/mol. The molecule has 4 bridgehead atoms. The number of aliphatic hydroxyl groups is 1. The van der Waals surface area contributed by atoms with E-state index in [1.54, 1.807) is 0 Å². The Morgan fingerprint density at radius 2 is 1.85 bits per heavy atom. The lowest BCUT2D eigenvalue weighted by atomic mass is 9.47. The topological polar surface area (TPSA) is 52.6 Å². The van der Waals surface area contributed by atoms with Gasteiger partial charge in [0.1, 0.15) is 0 Å². The van der Waals surface area contributed by atoms with E-state index in [0.717, 1.165) is 51.6 Å². The quantitative estimate of drug-likeness (QED) is 0.877. The summed E-state index contributed by atoms with van der Waals surface area (Å²) in [5.74, 6) is 1.34. The molecule has 5 aliphatic rings. The number of anilines is 1. The summed E-state index contributed by atoms with van der Waals surface area (Å²) in [6, 6.07) is 10.7. The molecule has 1 amide bonds. The average molecular weight is 354 g/mol. The summed E-state index contributed by atoms with van der Waals surface area (Å²) in [4.78, 5) is 15.7. The Morgan fingerprint density at radius 1 is 1.12 bits per heavy atom. The van der Waals surface area contributed by atoms with Crippen molar-refractivity contribution in [3.8, 4) is 0 Å². The van der Waals surface area contributed by atoms with Gasteiger partial charge in [-0.05, 0) is 75.3 Å². The van der Waals surface area contributed by atoms with Crippen LogP contribution < -0.4 is 10.2 Å². The molecule has 0 aromatic heterocycles. The fourth-order valence-electron chi connectivity index (χ4n) is 6.79. The normalized spacial score (nSPS) is 41.3. The van der Waals surface area contributed by atoms with Crippen molar-refractivity contribution in [2.45, 2.75) is 63.0 Å². The molecule has 2 N–H and O–H groups in total. The predicted molar refractivity (Wildman–Crippen MR) is 102 cm³/mol. The van der Waals surface area contributed by atoms with Crippen LogP contribution in [-0.4, -0.2) is 35.7 Å². The molecule has 1 saturated heterocycles. The van der Waals surface area contributed by atoms with Crippen LogP contribution in [0.25, 0.3) is 0 Å². The fraction of sp³-hybridized carbons (Fsp3) is 0.682. The highest BCUT2D eigenvalue weighted by atomic mass is 16.3. The maximum Gasteiger partial charge on any atom is 0.226 e. The highest BCUT2D eigenvalue weighted by Crippen LogP contribution is 2.61. The summed E-state index contributed by atoms with van der Waals surface area (Å²) in [5.41, 5.74) is 0.383. The van der Waals surface area contributed by atoms with Crippen LogP contribution in [0.3, 0.4) is 0 Å². The van der Waals surface area contributed by atoms with E-state index in [1.165, 1.54) is 12.1 Å². The minimum Gasteiger partial charge on any atom is -0.390 e. The number of hydrogen-bond acceptors (Lipinski definition) is 3. The zero-order valence-corrected chi connectivity index (χ0v) is 15.5. The van der Waals surface area contributed by atoms with Crippen LogP contribution in [0.15, 0.2) is 30.3 Å². The van der Waals surface area contributed by atoms with Gasteiger partial charge in [-0.3, -0.25) is 4.79 Å². The van der Waals surface area contributed by atoms with Crippen LogP contribution in [0.2, 0.25) is 0 Å². The first-order valence-electron chi connectivity index (χ1n) is 10.4. The van der Waals surface area contributed by atoms with Crippen LogP contribution in [0.5, 0.6) is 0 Å². The van der Waals surface area contributed by atoms with Gasteiger partial charge in [0.15, 0.2) is 0 Å². The van der Waals surface area contributed by atoms with Gasteiger partial charge >= 0.3 is 0 Å². The van der Waals surface area contributed by atoms with Gasteiger partial charge in [-0.1, -0.05) is 18.2 Å². The number of piperidine rings is 1. The van der Waals surface area contributed by atoms with Gasteiger partial charge < -0.3 is 15.3 Å². The summed E-state index contributed by atoms with van der Waals surface area (Å²) < 4.78 is 0. The number of rotatable bonds is 3. The minimum atomic E-state index is -0.565. The van der Waals surface area contributed by atoms with Crippen molar-refractivity contribution in [3.63, 3.8) is 0 Å². The highest BCUT2D eigenvalue weighted by Gasteiger charge is 2.60. The molecule has 6 rings (SSSR count). The summed E-state index contributed by atoms with van der Waals surface area (Å²) in [7, 11) is 0. The van der Waals surface area contributed by atoms with Gasteiger partial charge in [0, 0.05) is 24.8 Å². The monoisotopic (exact) mass is 354 g/mol. The van der Waals surface area contributed by atoms with E-state index >= 15 is 0 Å². The Morgan fingerprint density at radius 3 is 2.54 bits per heavy atom. The standard InChI is InChI=1S/C22H30N2O2/c25-20(21-10-16-9-17(11-21)13-22(26,12-16)15-21)23-18-5-4-8-24(14-18)19-6-2-1-3-7-19/h1-3,6-7,16-18,26H,4-5,8-15H2,(H,23,25)/t16?,17?,18-,21?,22?/m0/s1. The summed E-state index contributed by atoms with van der Waals surface area (Å²) >= 11 is 0. The van der Waals surface area contributed by atoms with Crippen LogP contribution in [-0.2, 0) is 4.79 Å². The van der Waals surface area contributed by atoms with E-state index in [1.807, 2.05) is 6.07 Å². The molecule has 4 nitrogen and oxygen atoms in total. The lowest BCUT2D eigenvalue weighted by Crippen LogP contribution is -2.62. The average Bonchev–Trinajstić information content (AvgIpc) is 2.60. The van der Waals surface area contributed by atoms with E-state index in [4.69, 9.17) is 0 Å². The van der Waals surface area contributed by atoms with Crippen molar-refractivity contribution in [2.75, 3.05) is 18.0 Å². The number of nitrogens with zero attached hydrogens (tertiary/aromatic N) is 1. The molecule has 1 aliphatic heterocycles. The lowest BCUT2D eigenvalue weighted by Gasteiger charge is -2.59. The second-order valence-corrected chi connectivity index (χ2v) is 9.56. The van der Waals surface area contributed by atoms with E-state index in [-0.39, 0.29) is 17.4 Å². The zero-order valence-electron chi connectivity index (χ0n) is 15.5. The molecule has 2 unspecified atom stereocenters. The number of nitrogens with one attached hydrogen (secondary N) is 1. The second kappa shape index (κ2) is 5.98. The molecule has 1 aromatic carbocycles. The van der Waals surface area contributed by atoms with Gasteiger partial charge in [0.05, 0.1) is 11.0 Å². The van der Waals surface area contributed by atoms with E-state index < -0.39 is 5.60 Å². The first kappa shape index (κ1) is 16.6. The number of carbonyl (C=O) groups excluding carboxylic acids is 1. The van der Waals surface area contributed by atoms with Gasteiger partial charge in [-0.25, -0.2) is 0 Å². The molecular formula is C22H30N2O2. The molecule has 0 spiro atoms. The molecule has 1 heterocycles. The van der Waals surface area contributed by atoms with Gasteiger partial charge in [0.25, 0.3) is 0 Å². The van der Waals surface area contributed by atoms with Crippen molar-refractivity contribution >= 4 is 11.6 Å². The molecule has 4 saturated carbocycles. The third kappa shape index (κ3) is 2.83. The van der Waals surface area contributed by atoms with Crippen LogP contribution in [0, 0.1) is 17.3 Å². The molecule has 3 atom stereocenters. The second-order valence-electron chi connectivity index (χ2n) is 9.56. The number of amides is 1. The molecule has 5 fully saturated rings. The van der Waals surface area contributed by atoms with E-state index in [9.17, 15) is 9.90 Å². The van der Waals surface area contributed by atoms with Crippen LogP contribution in [0.1, 0.15) is 51.4 Å². The molecule has 0 radical (unpaired) electrons. The Labute approximate surface area is 156 Å². The Bertz CT molecular complexity index is 675. The Balaban J connectivity index is 1.28. The molecule has 4 aliphatic carbocycles. The molecule has 4 heteroatoms. The van der Waals surface area contributed by atoms with Crippen molar-refractivity contribution in [1.82, 2.24) is 5.32 Å². The van der Waals surface area contributed by atoms with Crippen LogP contribution in [0.4, 0.5) is 5.69 Å². The van der Waals surface area contributed by atoms with Gasteiger partial charge in [-0.2, -0.15) is 0 Å². The fourth-order valence-corrected chi connectivity index (χ4v) is 6.79. The van der Waals surface area contributed by atoms with Crippen LogP contribution >= 0.6 is 0 Å². The zero-order chi connectivity index (χ0) is 17.8. The number of hydrogen-bond donors (Lipinski definition) is 2. The summed E-state index contributed by atoms with van der Waals surface area (Å²) in [6.07, 6.45) is 7.91. The third-order valence-electron chi connectivity index (χ3n) is 7.39. The molecule has 140 valence electrons. The van der Waals surface area contributed by atoms with E-state index in [2.05, 4.69) is 34.5 Å². The Kier molecular flexibility index (Phi) is 3.82. The van der Waals surface area contributed by atoms with Crippen molar-refractivity contribution in [2.24, 2.45) is 17.3 Å². The van der Waals surface area contributed by atoms with Crippen molar-refractivity contribution in [1.29, 1.82) is 0 Å². The minimum absolute atomic E-state index is 0.221. The number of benzene rings is 1. The first-order valence-corrected chi connectivity index (χ1v) is 10.4. The largest absolute Gasteiger partial charge is 0.390 e. The maximum absolute atomic E-state index is 13.3. The number of carbonyl (C=O) groups is 1. The molecule has 26 heavy (non-hydrogen) atoms. The van der Waals surface area contributed by atoms with Crippen molar-refractivity contribution in [3.05, 3.63) is 30.3 Å². The highest BCUT2D eigenvalue weighted by molar-refractivity contribution is 5.83. The van der Waals surface area contributed by atoms with Gasteiger partial charge in [0.2, 0.25) is 5.91 Å². The third-order valence-corrected chi connectivity index (χ3v) is 7.39. The number of para-hydroxylation sites is 1. The SMILES string of the molecule is O=C(N[C@H]1CCCN(c2ccccc2)C1)C12CC3CC(CC(O)(C3)C1)C2. The van der Waals surface area contributed by atoms with Gasteiger partial charge in [-0.15, -0.1) is 0 Å².